The largest absolute Gasteiger partial charge is 0.336 e. The zero-order valence-electron chi connectivity index (χ0n) is 16.1. The van der Waals surface area contributed by atoms with Crippen LogP contribution in [0.4, 0.5) is 5.69 Å². The van der Waals surface area contributed by atoms with Crippen molar-refractivity contribution in [2.24, 2.45) is 0 Å². The summed E-state index contributed by atoms with van der Waals surface area (Å²) in [6, 6.07) is 15.8. The molecule has 0 heterocycles. The zero-order valence-corrected chi connectivity index (χ0v) is 16.1. The molecule has 26 heavy (non-hydrogen) atoms. The molecule has 2 aromatic rings. The average Bonchev–Trinajstić information content (AvgIpc) is 2.63. The monoisotopic (exact) mass is 352 g/mol. The van der Waals surface area contributed by atoms with Crippen LogP contribution in [0.1, 0.15) is 49.9 Å². The minimum atomic E-state index is -0.0690. The lowest BCUT2D eigenvalue weighted by atomic mass is 10.1. The molecule has 0 radical (unpaired) electrons. The molecular formula is C22H28N2O2. The van der Waals surface area contributed by atoms with Crippen molar-refractivity contribution in [2.75, 3.05) is 11.9 Å². The zero-order chi connectivity index (χ0) is 19.1. The summed E-state index contributed by atoms with van der Waals surface area (Å²) in [6.45, 7) is 8.00. The van der Waals surface area contributed by atoms with Crippen LogP contribution in [0, 0.1) is 6.92 Å². The first kappa shape index (κ1) is 19.7. The van der Waals surface area contributed by atoms with E-state index in [9.17, 15) is 9.59 Å². The molecule has 1 N–H and O–H groups in total. The molecule has 0 spiro atoms. The normalized spacial score (nSPS) is 11.7. The van der Waals surface area contributed by atoms with Crippen molar-refractivity contribution in [1.29, 1.82) is 0 Å². The van der Waals surface area contributed by atoms with Crippen molar-refractivity contribution < 1.29 is 9.59 Å². The SMILES string of the molecule is CCc1cccc(C)c1NC(=O)CCN(C(C)=O)C(C)c1ccccc1. The van der Waals surface area contributed by atoms with Crippen molar-refractivity contribution in [3.8, 4) is 0 Å². The molecule has 138 valence electrons. The van der Waals surface area contributed by atoms with Crippen molar-refractivity contribution in [2.45, 2.75) is 46.6 Å². The summed E-state index contributed by atoms with van der Waals surface area (Å²) in [6.07, 6.45) is 1.14. The number of aryl methyl sites for hydroxylation is 2. The highest BCUT2D eigenvalue weighted by Gasteiger charge is 2.19. The number of para-hydroxylation sites is 1. The fourth-order valence-corrected chi connectivity index (χ4v) is 3.16. The van der Waals surface area contributed by atoms with Crippen LogP contribution in [0.2, 0.25) is 0 Å². The number of anilines is 1. The molecule has 0 bridgehead atoms. The van der Waals surface area contributed by atoms with Crippen LogP contribution < -0.4 is 5.32 Å². The van der Waals surface area contributed by atoms with Gasteiger partial charge in [0.25, 0.3) is 0 Å². The van der Waals surface area contributed by atoms with E-state index in [-0.39, 0.29) is 24.3 Å². The van der Waals surface area contributed by atoms with E-state index < -0.39 is 0 Å². The number of nitrogens with zero attached hydrogens (tertiary/aromatic N) is 1. The van der Waals surface area contributed by atoms with Gasteiger partial charge in [-0.25, -0.2) is 0 Å². The van der Waals surface area contributed by atoms with Crippen LogP contribution in [0.3, 0.4) is 0 Å². The maximum atomic E-state index is 12.5. The van der Waals surface area contributed by atoms with Crippen molar-refractivity contribution in [1.82, 2.24) is 4.90 Å². The summed E-state index contributed by atoms with van der Waals surface area (Å²) in [5, 5.41) is 3.03. The van der Waals surface area contributed by atoms with Crippen LogP contribution in [0.5, 0.6) is 0 Å². The third-order valence-electron chi connectivity index (χ3n) is 4.74. The Morgan fingerprint density at radius 2 is 1.77 bits per heavy atom. The number of carbonyl (C=O) groups is 2. The first-order valence-corrected chi connectivity index (χ1v) is 9.14. The van der Waals surface area contributed by atoms with Gasteiger partial charge in [-0.05, 0) is 37.0 Å². The molecule has 4 heteroatoms. The van der Waals surface area contributed by atoms with Gasteiger partial charge in [0.15, 0.2) is 0 Å². The van der Waals surface area contributed by atoms with Gasteiger partial charge < -0.3 is 10.2 Å². The quantitative estimate of drug-likeness (QED) is 0.798. The molecule has 2 rings (SSSR count). The minimum Gasteiger partial charge on any atom is -0.336 e. The van der Waals surface area contributed by atoms with Gasteiger partial charge in [-0.2, -0.15) is 0 Å². The van der Waals surface area contributed by atoms with Crippen LogP contribution >= 0.6 is 0 Å². The second-order valence-electron chi connectivity index (χ2n) is 6.56. The standard InChI is InChI=1S/C22H28N2O2/c1-5-19-13-9-10-16(2)22(19)23-21(26)14-15-24(18(4)25)17(3)20-11-7-6-8-12-20/h6-13,17H,5,14-15H2,1-4H3,(H,23,26). The lowest BCUT2D eigenvalue weighted by molar-refractivity contribution is -0.131. The summed E-state index contributed by atoms with van der Waals surface area (Å²) in [5.74, 6) is -0.0974. The van der Waals surface area contributed by atoms with Gasteiger partial charge in [-0.1, -0.05) is 55.5 Å². The Hall–Kier alpha value is -2.62. The number of benzene rings is 2. The molecule has 0 aliphatic carbocycles. The third-order valence-corrected chi connectivity index (χ3v) is 4.74. The fourth-order valence-electron chi connectivity index (χ4n) is 3.16. The number of hydrogen-bond donors (Lipinski definition) is 1. The van der Waals surface area contributed by atoms with Gasteiger partial charge in [-0.15, -0.1) is 0 Å². The van der Waals surface area contributed by atoms with Crippen molar-refractivity contribution in [3.05, 3.63) is 65.2 Å². The van der Waals surface area contributed by atoms with Gasteiger partial charge in [0.05, 0.1) is 6.04 Å². The van der Waals surface area contributed by atoms with E-state index >= 15 is 0 Å². The van der Waals surface area contributed by atoms with E-state index in [1.807, 2.05) is 62.4 Å². The molecule has 4 nitrogen and oxygen atoms in total. The van der Waals surface area contributed by atoms with Gasteiger partial charge in [-0.3, -0.25) is 9.59 Å². The van der Waals surface area contributed by atoms with Crippen molar-refractivity contribution >= 4 is 17.5 Å². The summed E-state index contributed by atoms with van der Waals surface area (Å²) in [4.78, 5) is 26.3. The molecule has 0 aliphatic rings. The van der Waals surface area contributed by atoms with Crippen LogP contribution in [0.15, 0.2) is 48.5 Å². The molecular weight excluding hydrogens is 324 g/mol. The molecule has 2 amide bonds. The maximum absolute atomic E-state index is 12.5. The van der Waals surface area contributed by atoms with E-state index in [0.29, 0.717) is 6.54 Å². The van der Waals surface area contributed by atoms with Gasteiger partial charge in [0.2, 0.25) is 11.8 Å². The number of amides is 2. The first-order chi connectivity index (χ1) is 12.4. The van der Waals surface area contributed by atoms with Crippen LogP contribution in [0.25, 0.3) is 0 Å². The number of hydrogen-bond acceptors (Lipinski definition) is 2. The maximum Gasteiger partial charge on any atom is 0.226 e. The summed E-state index contributed by atoms with van der Waals surface area (Å²) < 4.78 is 0. The first-order valence-electron chi connectivity index (χ1n) is 9.14. The average molecular weight is 352 g/mol. The Kier molecular flexibility index (Phi) is 6.96. The molecule has 1 atom stereocenters. The van der Waals surface area contributed by atoms with E-state index in [1.54, 1.807) is 11.8 Å². The topological polar surface area (TPSA) is 49.4 Å². The Morgan fingerprint density at radius 1 is 1.08 bits per heavy atom. The lowest BCUT2D eigenvalue weighted by Crippen LogP contribution is -2.34. The Morgan fingerprint density at radius 3 is 2.38 bits per heavy atom. The lowest BCUT2D eigenvalue weighted by Gasteiger charge is -2.28. The van der Waals surface area contributed by atoms with E-state index in [4.69, 9.17) is 0 Å². The summed E-state index contributed by atoms with van der Waals surface area (Å²) in [7, 11) is 0. The van der Waals surface area contributed by atoms with Crippen LogP contribution in [-0.2, 0) is 16.0 Å². The fraction of sp³-hybridized carbons (Fsp3) is 0.364. The second-order valence-corrected chi connectivity index (χ2v) is 6.56. The minimum absolute atomic E-state index is 0.0284. The predicted octanol–water partition coefficient (Wildman–Crippen LogP) is 4.50. The Balaban J connectivity index is 2.03. The van der Waals surface area contributed by atoms with Crippen molar-refractivity contribution in [3.63, 3.8) is 0 Å². The number of rotatable bonds is 7. The predicted molar refractivity (Wildman–Crippen MR) is 106 cm³/mol. The van der Waals surface area contributed by atoms with E-state index in [1.165, 1.54) is 0 Å². The molecule has 0 fully saturated rings. The Bertz CT molecular complexity index is 756. The molecule has 2 aromatic carbocycles. The Labute approximate surface area is 156 Å². The second kappa shape index (κ2) is 9.18. The molecule has 1 unspecified atom stereocenters. The number of carbonyl (C=O) groups excluding carboxylic acids is 2. The third kappa shape index (κ3) is 4.94. The smallest absolute Gasteiger partial charge is 0.226 e. The molecule has 0 saturated carbocycles. The van der Waals surface area contributed by atoms with Gasteiger partial charge in [0.1, 0.15) is 0 Å². The summed E-state index contributed by atoms with van der Waals surface area (Å²) in [5.41, 5.74) is 4.14. The van der Waals surface area contributed by atoms with Gasteiger partial charge in [0, 0.05) is 25.6 Å². The highest BCUT2D eigenvalue weighted by Crippen LogP contribution is 2.22. The molecule has 0 aliphatic heterocycles. The molecule has 0 aromatic heterocycles. The van der Waals surface area contributed by atoms with Crippen LogP contribution in [-0.4, -0.2) is 23.3 Å². The highest BCUT2D eigenvalue weighted by molar-refractivity contribution is 5.92. The van der Waals surface area contributed by atoms with E-state index in [0.717, 1.165) is 28.8 Å². The highest BCUT2D eigenvalue weighted by atomic mass is 16.2. The number of nitrogens with one attached hydrogen (secondary N) is 1. The molecule has 0 saturated heterocycles. The van der Waals surface area contributed by atoms with Gasteiger partial charge >= 0.3 is 0 Å². The summed E-state index contributed by atoms with van der Waals surface area (Å²) >= 11 is 0. The van der Waals surface area contributed by atoms with E-state index in [2.05, 4.69) is 12.2 Å².